The molecular weight excluding hydrogens is 332 g/mol. The molecule has 4 rings (SSSR count). The van der Waals surface area contributed by atoms with Gasteiger partial charge in [0.2, 0.25) is 5.91 Å². The summed E-state index contributed by atoms with van der Waals surface area (Å²) in [5, 5.41) is 12.3. The summed E-state index contributed by atoms with van der Waals surface area (Å²) >= 11 is 0. The molecule has 4 heterocycles. The highest BCUT2D eigenvalue weighted by Crippen LogP contribution is 2.26. The summed E-state index contributed by atoms with van der Waals surface area (Å²) in [7, 11) is 0. The molecule has 0 spiro atoms. The summed E-state index contributed by atoms with van der Waals surface area (Å²) in [6, 6.07) is 4.35. The van der Waals surface area contributed by atoms with Crippen molar-refractivity contribution < 1.29 is 14.7 Å². The smallest absolute Gasteiger partial charge is 0.407 e. The Labute approximate surface area is 153 Å². The fraction of sp³-hybridized carbons (Fsp3) is 0.632. The first-order valence-electron chi connectivity index (χ1n) is 9.59. The second kappa shape index (κ2) is 7.13. The van der Waals surface area contributed by atoms with Gasteiger partial charge in [-0.3, -0.25) is 4.79 Å². The van der Waals surface area contributed by atoms with Crippen LogP contribution in [0.1, 0.15) is 30.5 Å². The molecule has 1 aromatic heterocycles. The maximum Gasteiger partial charge on any atom is 0.407 e. The molecular formula is C19H26N4O3. The van der Waals surface area contributed by atoms with Crippen molar-refractivity contribution in [1.82, 2.24) is 14.8 Å². The highest BCUT2D eigenvalue weighted by Gasteiger charge is 2.38. The lowest BCUT2D eigenvalue weighted by Gasteiger charge is -2.40. The Bertz CT molecular complexity index is 694. The molecule has 0 aliphatic carbocycles. The van der Waals surface area contributed by atoms with Crippen molar-refractivity contribution in [3.8, 4) is 0 Å². The number of rotatable bonds is 3. The summed E-state index contributed by atoms with van der Waals surface area (Å²) in [6.45, 7) is 3.25. The largest absolute Gasteiger partial charge is 0.465 e. The van der Waals surface area contributed by atoms with Crippen LogP contribution in [0.25, 0.3) is 0 Å². The van der Waals surface area contributed by atoms with Crippen LogP contribution in [0.4, 0.5) is 10.6 Å². The van der Waals surface area contributed by atoms with E-state index in [2.05, 4.69) is 17.4 Å². The second-order valence-electron chi connectivity index (χ2n) is 7.70. The highest BCUT2D eigenvalue weighted by atomic mass is 16.4. The van der Waals surface area contributed by atoms with Gasteiger partial charge in [0.1, 0.15) is 5.82 Å². The molecule has 0 atom stereocenters. The maximum absolute atomic E-state index is 12.5. The number of aromatic nitrogens is 1. The lowest BCUT2D eigenvalue weighted by molar-refractivity contribution is -0.141. The summed E-state index contributed by atoms with van der Waals surface area (Å²) in [4.78, 5) is 31.3. The van der Waals surface area contributed by atoms with E-state index in [0.717, 1.165) is 56.8 Å². The van der Waals surface area contributed by atoms with Crippen LogP contribution in [-0.2, 0) is 17.6 Å². The molecule has 2 amide bonds. The zero-order valence-electron chi connectivity index (χ0n) is 15.0. The van der Waals surface area contributed by atoms with Gasteiger partial charge in [-0.15, -0.1) is 0 Å². The van der Waals surface area contributed by atoms with E-state index in [-0.39, 0.29) is 11.8 Å². The number of fused-ring (bicyclic) bond motifs is 1. The first-order chi connectivity index (χ1) is 12.6. The molecule has 3 aliphatic heterocycles. The average Bonchev–Trinajstić information content (AvgIpc) is 2.60. The van der Waals surface area contributed by atoms with E-state index in [1.807, 2.05) is 4.90 Å². The normalized spacial score (nSPS) is 20.9. The van der Waals surface area contributed by atoms with E-state index >= 15 is 0 Å². The third kappa shape index (κ3) is 3.48. The van der Waals surface area contributed by atoms with Crippen LogP contribution in [-0.4, -0.2) is 64.6 Å². The number of carboxylic acid groups (broad SMARTS) is 1. The topological polar surface area (TPSA) is 85.8 Å². The van der Waals surface area contributed by atoms with E-state index in [4.69, 9.17) is 10.1 Å². The Morgan fingerprint density at radius 2 is 1.96 bits per heavy atom. The van der Waals surface area contributed by atoms with Gasteiger partial charge in [-0.05, 0) is 49.7 Å². The number of likely N-dealkylation sites (tertiary alicyclic amines) is 2. The molecule has 0 radical (unpaired) electrons. The fourth-order valence-corrected chi connectivity index (χ4v) is 4.18. The fourth-order valence-electron chi connectivity index (χ4n) is 4.18. The average molecular weight is 358 g/mol. The monoisotopic (exact) mass is 358 g/mol. The number of nitrogens with zero attached hydrogens (tertiary/aromatic N) is 3. The van der Waals surface area contributed by atoms with Crippen molar-refractivity contribution in [3.63, 3.8) is 0 Å². The van der Waals surface area contributed by atoms with Crippen LogP contribution in [0.5, 0.6) is 0 Å². The lowest BCUT2D eigenvalue weighted by atomic mass is 9.90. The quantitative estimate of drug-likeness (QED) is 0.861. The van der Waals surface area contributed by atoms with Crippen LogP contribution in [0.15, 0.2) is 12.1 Å². The highest BCUT2D eigenvalue weighted by molar-refractivity contribution is 5.82. The molecule has 2 N–H and O–H groups in total. The number of amides is 2. The van der Waals surface area contributed by atoms with Gasteiger partial charge >= 0.3 is 6.09 Å². The zero-order chi connectivity index (χ0) is 18.1. The van der Waals surface area contributed by atoms with Crippen LogP contribution in [0.3, 0.4) is 0 Å². The van der Waals surface area contributed by atoms with Crippen molar-refractivity contribution in [2.45, 2.75) is 32.1 Å². The predicted molar refractivity (Wildman–Crippen MR) is 97.1 cm³/mol. The molecule has 0 unspecified atom stereocenters. The number of carbonyl (C=O) groups is 2. The van der Waals surface area contributed by atoms with Crippen LogP contribution >= 0.6 is 0 Å². The van der Waals surface area contributed by atoms with Gasteiger partial charge in [-0.1, -0.05) is 6.07 Å². The van der Waals surface area contributed by atoms with Crippen LogP contribution in [0.2, 0.25) is 0 Å². The van der Waals surface area contributed by atoms with Gasteiger partial charge in [0, 0.05) is 38.4 Å². The number of hydrogen-bond donors (Lipinski definition) is 2. The van der Waals surface area contributed by atoms with Gasteiger partial charge < -0.3 is 20.2 Å². The Kier molecular flexibility index (Phi) is 4.70. The first kappa shape index (κ1) is 17.1. The minimum Gasteiger partial charge on any atom is -0.465 e. The minimum absolute atomic E-state index is 0.122. The molecule has 140 valence electrons. The number of piperidine rings is 1. The number of pyridine rings is 1. The van der Waals surface area contributed by atoms with Gasteiger partial charge in [-0.2, -0.15) is 0 Å². The third-order valence-corrected chi connectivity index (χ3v) is 5.88. The number of aryl methyl sites for hydroxylation is 1. The summed E-state index contributed by atoms with van der Waals surface area (Å²) < 4.78 is 0. The molecule has 2 fully saturated rings. The number of anilines is 1. The van der Waals surface area contributed by atoms with Crippen LogP contribution in [0, 0.1) is 11.8 Å². The van der Waals surface area contributed by atoms with Gasteiger partial charge in [-0.25, -0.2) is 9.78 Å². The molecule has 1 aromatic rings. The summed E-state index contributed by atoms with van der Waals surface area (Å²) in [5.41, 5.74) is 2.45. The molecule has 3 aliphatic rings. The van der Waals surface area contributed by atoms with Crippen molar-refractivity contribution in [3.05, 3.63) is 23.4 Å². The van der Waals surface area contributed by atoms with E-state index in [9.17, 15) is 9.59 Å². The van der Waals surface area contributed by atoms with Gasteiger partial charge in [0.15, 0.2) is 0 Å². The molecule has 0 saturated carbocycles. The molecule has 0 bridgehead atoms. The van der Waals surface area contributed by atoms with E-state index in [1.165, 1.54) is 16.9 Å². The van der Waals surface area contributed by atoms with Crippen molar-refractivity contribution >= 4 is 17.8 Å². The lowest BCUT2D eigenvalue weighted by Crippen LogP contribution is -2.57. The van der Waals surface area contributed by atoms with Gasteiger partial charge in [0.05, 0.1) is 5.92 Å². The van der Waals surface area contributed by atoms with E-state index in [0.29, 0.717) is 19.0 Å². The molecule has 26 heavy (non-hydrogen) atoms. The van der Waals surface area contributed by atoms with Crippen LogP contribution < -0.4 is 5.32 Å². The first-order valence-corrected chi connectivity index (χ1v) is 9.59. The number of hydrogen-bond acceptors (Lipinski definition) is 4. The number of carbonyl (C=O) groups excluding carboxylic acids is 1. The predicted octanol–water partition coefficient (Wildman–Crippen LogP) is 1.83. The molecule has 7 heteroatoms. The summed E-state index contributed by atoms with van der Waals surface area (Å²) in [5.74, 6) is 1.59. The van der Waals surface area contributed by atoms with E-state index < -0.39 is 6.09 Å². The maximum atomic E-state index is 12.5. The Balaban J connectivity index is 1.26. The molecule has 0 aromatic carbocycles. The third-order valence-electron chi connectivity index (χ3n) is 5.88. The Morgan fingerprint density at radius 1 is 1.19 bits per heavy atom. The molecule has 2 saturated heterocycles. The second-order valence-corrected chi connectivity index (χ2v) is 7.70. The van der Waals surface area contributed by atoms with E-state index in [1.54, 1.807) is 0 Å². The SMILES string of the molecule is O=C(O)N1CC(C(=O)N2CCC(Cc3ccc4c(n3)NCCC4)CC2)C1. The van der Waals surface area contributed by atoms with Gasteiger partial charge in [0.25, 0.3) is 0 Å². The standard InChI is InChI=1S/C19H26N4O3/c24-18(15-11-23(12-15)19(25)26)22-8-5-13(6-9-22)10-16-4-3-14-2-1-7-20-17(14)21-16/h3-4,13,15H,1-2,5-12H2,(H,20,21)(H,25,26). The zero-order valence-corrected chi connectivity index (χ0v) is 15.0. The Hall–Kier alpha value is -2.31. The van der Waals surface area contributed by atoms with Crippen molar-refractivity contribution in [2.75, 3.05) is 38.0 Å². The Morgan fingerprint density at radius 3 is 2.69 bits per heavy atom. The minimum atomic E-state index is -0.931. The molecule has 7 nitrogen and oxygen atoms in total. The van der Waals surface area contributed by atoms with Crippen molar-refractivity contribution in [2.24, 2.45) is 11.8 Å². The summed E-state index contributed by atoms with van der Waals surface area (Å²) in [6.07, 6.45) is 4.30. The number of nitrogens with one attached hydrogen (secondary N) is 1. The van der Waals surface area contributed by atoms with Crippen molar-refractivity contribution in [1.29, 1.82) is 0 Å².